The standard InChI is InChI=1S/C27H36N2O2S/c1-3-5-6-7-8-9-10-14-19-29-26(30)24(23-18-15-20-32-23)25(27(29)31)28(4-2)21-22-16-12-11-13-17-22/h11-13,15-18,20H,3-10,14,19,21H2,1-2H3. The summed E-state index contributed by atoms with van der Waals surface area (Å²) in [7, 11) is 0. The van der Waals surface area contributed by atoms with Crippen LogP contribution in [0.4, 0.5) is 0 Å². The van der Waals surface area contributed by atoms with Crippen LogP contribution < -0.4 is 0 Å². The van der Waals surface area contributed by atoms with Gasteiger partial charge in [-0.2, -0.15) is 0 Å². The second-order valence-corrected chi connectivity index (χ2v) is 9.39. The summed E-state index contributed by atoms with van der Waals surface area (Å²) in [6.07, 6.45) is 9.53. The Morgan fingerprint density at radius 3 is 2.12 bits per heavy atom. The fraction of sp³-hybridized carbons (Fsp3) is 0.481. The first-order valence-electron chi connectivity index (χ1n) is 12.1. The van der Waals surface area contributed by atoms with Crippen molar-refractivity contribution in [3.63, 3.8) is 0 Å². The monoisotopic (exact) mass is 452 g/mol. The van der Waals surface area contributed by atoms with Crippen LogP contribution >= 0.6 is 11.3 Å². The summed E-state index contributed by atoms with van der Waals surface area (Å²) in [5.74, 6) is -0.277. The van der Waals surface area contributed by atoms with E-state index in [4.69, 9.17) is 0 Å². The zero-order valence-corrected chi connectivity index (χ0v) is 20.3. The van der Waals surface area contributed by atoms with Gasteiger partial charge in [0.2, 0.25) is 0 Å². The molecule has 1 aliphatic rings. The van der Waals surface area contributed by atoms with E-state index >= 15 is 0 Å². The summed E-state index contributed by atoms with van der Waals surface area (Å²) in [5, 5.41) is 1.96. The van der Waals surface area contributed by atoms with E-state index in [0.717, 1.165) is 23.3 Å². The van der Waals surface area contributed by atoms with E-state index in [0.29, 0.717) is 30.9 Å². The van der Waals surface area contributed by atoms with E-state index < -0.39 is 0 Å². The predicted octanol–water partition coefficient (Wildman–Crippen LogP) is 6.49. The molecule has 1 aliphatic heterocycles. The van der Waals surface area contributed by atoms with Crippen LogP contribution in [0.25, 0.3) is 5.57 Å². The van der Waals surface area contributed by atoms with Gasteiger partial charge in [0.15, 0.2) is 0 Å². The van der Waals surface area contributed by atoms with Crippen molar-refractivity contribution in [1.82, 2.24) is 9.80 Å². The molecular weight excluding hydrogens is 416 g/mol. The van der Waals surface area contributed by atoms with Crippen LogP contribution in [0, 0.1) is 0 Å². The van der Waals surface area contributed by atoms with E-state index in [2.05, 4.69) is 24.0 Å². The summed E-state index contributed by atoms with van der Waals surface area (Å²) < 4.78 is 0. The van der Waals surface area contributed by atoms with Gasteiger partial charge in [0.05, 0.1) is 5.57 Å². The van der Waals surface area contributed by atoms with Gasteiger partial charge in [-0.25, -0.2) is 0 Å². The van der Waals surface area contributed by atoms with Crippen molar-refractivity contribution in [3.8, 4) is 0 Å². The lowest BCUT2D eigenvalue weighted by atomic mass is 10.1. The van der Waals surface area contributed by atoms with Gasteiger partial charge in [0, 0.05) is 24.5 Å². The summed E-state index contributed by atoms with van der Waals surface area (Å²) in [6, 6.07) is 14.0. The topological polar surface area (TPSA) is 40.6 Å². The maximum atomic E-state index is 13.5. The fourth-order valence-corrected chi connectivity index (χ4v) is 5.02. The lowest BCUT2D eigenvalue weighted by Gasteiger charge is -2.24. The molecule has 0 atom stereocenters. The van der Waals surface area contributed by atoms with E-state index in [1.807, 2.05) is 42.6 Å². The van der Waals surface area contributed by atoms with Crippen molar-refractivity contribution in [2.45, 2.75) is 71.8 Å². The van der Waals surface area contributed by atoms with Crippen LogP contribution in [-0.4, -0.2) is 34.7 Å². The molecular formula is C27H36N2O2S. The van der Waals surface area contributed by atoms with Crippen molar-refractivity contribution in [2.75, 3.05) is 13.1 Å². The van der Waals surface area contributed by atoms with Crippen LogP contribution in [0.2, 0.25) is 0 Å². The zero-order chi connectivity index (χ0) is 22.8. The minimum atomic E-state index is -0.140. The zero-order valence-electron chi connectivity index (χ0n) is 19.5. The average molecular weight is 453 g/mol. The number of imide groups is 1. The maximum absolute atomic E-state index is 13.5. The van der Waals surface area contributed by atoms with Gasteiger partial charge in [-0.15, -0.1) is 11.3 Å². The molecule has 172 valence electrons. The quantitative estimate of drug-likeness (QED) is 0.243. The Morgan fingerprint density at radius 2 is 1.50 bits per heavy atom. The number of unbranched alkanes of at least 4 members (excludes halogenated alkanes) is 7. The highest BCUT2D eigenvalue weighted by molar-refractivity contribution is 7.11. The highest BCUT2D eigenvalue weighted by Crippen LogP contribution is 2.34. The van der Waals surface area contributed by atoms with E-state index in [-0.39, 0.29) is 11.8 Å². The fourth-order valence-electron chi connectivity index (χ4n) is 4.26. The van der Waals surface area contributed by atoms with E-state index in [1.54, 1.807) is 0 Å². The van der Waals surface area contributed by atoms with Crippen LogP contribution in [0.15, 0.2) is 53.5 Å². The molecule has 0 radical (unpaired) electrons. The lowest BCUT2D eigenvalue weighted by molar-refractivity contribution is -0.137. The smallest absolute Gasteiger partial charge is 0.277 e. The van der Waals surface area contributed by atoms with Gasteiger partial charge in [-0.3, -0.25) is 14.5 Å². The van der Waals surface area contributed by atoms with E-state index in [9.17, 15) is 9.59 Å². The lowest BCUT2D eigenvalue weighted by Crippen LogP contribution is -2.35. The Bertz CT molecular complexity index is 890. The summed E-state index contributed by atoms with van der Waals surface area (Å²) in [4.78, 5) is 31.2. The number of hydrogen-bond donors (Lipinski definition) is 0. The van der Waals surface area contributed by atoms with Crippen molar-refractivity contribution < 1.29 is 9.59 Å². The van der Waals surface area contributed by atoms with Crippen LogP contribution in [0.5, 0.6) is 0 Å². The Kier molecular flexibility index (Phi) is 9.54. The predicted molar refractivity (Wildman–Crippen MR) is 133 cm³/mol. The summed E-state index contributed by atoms with van der Waals surface area (Å²) >= 11 is 1.52. The van der Waals surface area contributed by atoms with Gasteiger partial charge in [0.1, 0.15) is 5.70 Å². The Balaban J connectivity index is 1.69. The van der Waals surface area contributed by atoms with Crippen LogP contribution in [-0.2, 0) is 16.1 Å². The molecule has 32 heavy (non-hydrogen) atoms. The molecule has 2 heterocycles. The molecule has 0 saturated heterocycles. The SMILES string of the molecule is CCCCCCCCCCN1C(=O)C(c2cccs2)=C(N(CC)Cc2ccccc2)C1=O. The average Bonchev–Trinajstić information content (AvgIpc) is 3.42. The molecule has 1 aromatic heterocycles. The van der Waals surface area contributed by atoms with Gasteiger partial charge in [0.25, 0.3) is 11.8 Å². The molecule has 2 aromatic rings. The number of nitrogens with zero attached hydrogens (tertiary/aromatic N) is 2. The number of likely N-dealkylation sites (N-methyl/N-ethyl adjacent to an activating group) is 1. The first-order chi connectivity index (χ1) is 15.7. The number of carbonyl (C=O) groups excluding carboxylic acids is 2. The Labute approximate surface area is 196 Å². The number of thiophene rings is 1. The highest BCUT2D eigenvalue weighted by Gasteiger charge is 2.41. The Hall–Kier alpha value is -2.40. The van der Waals surface area contributed by atoms with E-state index in [1.165, 1.54) is 54.8 Å². The van der Waals surface area contributed by atoms with Crippen molar-refractivity contribution in [1.29, 1.82) is 0 Å². The molecule has 4 nitrogen and oxygen atoms in total. The molecule has 0 spiro atoms. The summed E-state index contributed by atoms with van der Waals surface area (Å²) in [6.45, 7) is 6.07. The van der Waals surface area contributed by atoms with Gasteiger partial charge in [-0.1, -0.05) is 88.3 Å². The number of amides is 2. The molecule has 5 heteroatoms. The third-order valence-corrected chi connectivity index (χ3v) is 6.95. The highest BCUT2D eigenvalue weighted by atomic mass is 32.1. The van der Waals surface area contributed by atoms with Crippen molar-refractivity contribution in [3.05, 3.63) is 64.0 Å². The first-order valence-corrected chi connectivity index (χ1v) is 13.0. The van der Waals surface area contributed by atoms with Crippen LogP contribution in [0.3, 0.4) is 0 Å². The molecule has 3 rings (SSSR count). The molecule has 0 bridgehead atoms. The largest absolute Gasteiger partial charge is 0.362 e. The molecule has 1 aromatic carbocycles. The van der Waals surface area contributed by atoms with Gasteiger partial charge >= 0.3 is 0 Å². The second-order valence-electron chi connectivity index (χ2n) is 8.44. The number of benzene rings is 1. The van der Waals surface area contributed by atoms with Crippen molar-refractivity contribution >= 4 is 28.7 Å². The first kappa shape index (κ1) is 24.2. The van der Waals surface area contributed by atoms with Crippen molar-refractivity contribution in [2.24, 2.45) is 0 Å². The number of hydrogen-bond acceptors (Lipinski definition) is 4. The minimum Gasteiger partial charge on any atom is -0.362 e. The minimum absolute atomic E-state index is 0.137. The number of carbonyl (C=O) groups is 2. The van der Waals surface area contributed by atoms with Gasteiger partial charge in [-0.05, 0) is 30.4 Å². The maximum Gasteiger partial charge on any atom is 0.277 e. The normalized spacial score (nSPS) is 14.0. The Morgan fingerprint density at radius 1 is 0.812 bits per heavy atom. The molecule has 0 N–H and O–H groups in total. The molecule has 0 unspecified atom stereocenters. The molecule has 0 saturated carbocycles. The number of rotatable bonds is 14. The third kappa shape index (κ3) is 6.10. The third-order valence-electron chi connectivity index (χ3n) is 6.06. The summed E-state index contributed by atoms with van der Waals surface area (Å²) in [5.41, 5.74) is 2.26. The second kappa shape index (κ2) is 12.6. The van der Waals surface area contributed by atoms with Crippen LogP contribution in [0.1, 0.15) is 75.7 Å². The molecule has 2 amide bonds. The molecule has 0 aliphatic carbocycles. The molecule has 0 fully saturated rings. The van der Waals surface area contributed by atoms with Gasteiger partial charge < -0.3 is 4.90 Å².